The van der Waals surface area contributed by atoms with Crippen LogP contribution >= 0.6 is 0 Å². The molecule has 0 saturated heterocycles. The third-order valence-electron chi connectivity index (χ3n) is 3.15. The normalized spacial score (nSPS) is 11.2. The largest absolute Gasteiger partial charge is 0.287 e. The van der Waals surface area contributed by atoms with Gasteiger partial charge in [-0.15, -0.1) is 0 Å². The minimum Gasteiger partial charge on any atom is -0.287 e. The van der Waals surface area contributed by atoms with E-state index in [4.69, 9.17) is 0 Å². The third-order valence-corrected chi connectivity index (χ3v) is 3.15. The molecule has 0 bridgehead atoms. The van der Waals surface area contributed by atoms with Crippen molar-refractivity contribution in [1.29, 1.82) is 0 Å². The van der Waals surface area contributed by atoms with Crippen LogP contribution in [0, 0.1) is 0 Å². The van der Waals surface area contributed by atoms with Crippen LogP contribution in [0.2, 0.25) is 0 Å². The van der Waals surface area contributed by atoms with E-state index in [0.29, 0.717) is 11.9 Å². The van der Waals surface area contributed by atoms with Gasteiger partial charge in [0.05, 0.1) is 18.3 Å². The smallest absolute Gasteiger partial charge is 0.207 e. The maximum absolute atomic E-state index is 11.7. The lowest BCUT2D eigenvalue weighted by Gasteiger charge is -2.06. The topological polar surface area (TPSA) is 34.9 Å². The first-order valence-corrected chi connectivity index (χ1v) is 6.51. The quantitative estimate of drug-likeness (QED) is 0.727. The predicted octanol–water partition coefficient (Wildman–Crippen LogP) is 3.11. The molecule has 0 fully saturated rings. The van der Waals surface area contributed by atoms with Crippen molar-refractivity contribution in [2.45, 2.75) is 6.54 Å². The van der Waals surface area contributed by atoms with E-state index in [1.165, 1.54) is 6.20 Å². The van der Waals surface area contributed by atoms with E-state index in [-0.39, 0.29) is 5.43 Å². The van der Waals surface area contributed by atoms with E-state index >= 15 is 0 Å². The lowest BCUT2D eigenvalue weighted by Crippen LogP contribution is -2.11. The monoisotopic (exact) mass is 262 g/mol. The average Bonchev–Trinajstić information content (AvgIpc) is 2.51. The summed E-state index contributed by atoms with van der Waals surface area (Å²) in [7, 11) is 0. The molecule has 0 spiro atoms. The van der Waals surface area contributed by atoms with Crippen molar-refractivity contribution in [2.75, 3.05) is 0 Å². The van der Waals surface area contributed by atoms with Gasteiger partial charge in [0, 0.05) is 5.39 Å². The fourth-order valence-corrected chi connectivity index (χ4v) is 2.16. The molecule has 0 N–H and O–H groups in total. The molecule has 20 heavy (non-hydrogen) atoms. The second kappa shape index (κ2) is 5.53. The summed E-state index contributed by atoms with van der Waals surface area (Å²) in [4.78, 5) is 11.7. The molecule has 0 aliphatic carbocycles. The van der Waals surface area contributed by atoms with E-state index < -0.39 is 0 Å². The Bertz CT molecular complexity index is 804. The molecule has 0 amide bonds. The van der Waals surface area contributed by atoms with E-state index in [1.807, 2.05) is 65.4 Å². The van der Waals surface area contributed by atoms with E-state index in [2.05, 4.69) is 11.2 Å². The second-order valence-corrected chi connectivity index (χ2v) is 4.52. The van der Waals surface area contributed by atoms with Gasteiger partial charge in [0.15, 0.2) is 0 Å². The molecule has 0 saturated carbocycles. The van der Waals surface area contributed by atoms with Crippen LogP contribution in [0.1, 0.15) is 5.56 Å². The van der Waals surface area contributed by atoms with Crippen LogP contribution in [0.15, 0.2) is 71.7 Å². The van der Waals surface area contributed by atoms with Crippen LogP contribution in [-0.2, 0) is 6.54 Å². The molecule has 1 aromatic heterocycles. The molecule has 0 atom stereocenters. The maximum Gasteiger partial charge on any atom is 0.207 e. The highest BCUT2D eigenvalue weighted by atomic mass is 16.1. The van der Waals surface area contributed by atoms with Gasteiger partial charge in [-0.25, -0.2) is 0 Å². The van der Waals surface area contributed by atoms with Gasteiger partial charge in [0.25, 0.3) is 0 Å². The summed E-state index contributed by atoms with van der Waals surface area (Å²) in [6.45, 7) is 0.635. The van der Waals surface area contributed by atoms with Gasteiger partial charge >= 0.3 is 0 Å². The molecular weight excluding hydrogens is 248 g/mol. The van der Waals surface area contributed by atoms with E-state index in [9.17, 15) is 4.79 Å². The Morgan fingerprint density at radius 3 is 2.60 bits per heavy atom. The van der Waals surface area contributed by atoms with E-state index in [1.54, 1.807) is 0 Å². The molecule has 0 aliphatic heterocycles. The van der Waals surface area contributed by atoms with Crippen LogP contribution in [0.5, 0.6) is 0 Å². The van der Waals surface area contributed by atoms with Crippen molar-refractivity contribution in [3.8, 4) is 0 Å². The predicted molar refractivity (Wildman–Crippen MR) is 81.5 cm³/mol. The standard InChI is InChI=1S/C17H14N2O/c20-17-13-18-19(16-11-5-4-10-15(16)17)12-6-9-14-7-2-1-3-8-14/h1-11,13H,12H2/b9-6+. The van der Waals surface area contributed by atoms with Crippen molar-refractivity contribution in [3.05, 3.63) is 82.7 Å². The summed E-state index contributed by atoms with van der Waals surface area (Å²) >= 11 is 0. The molecule has 2 aromatic carbocycles. The van der Waals surface area contributed by atoms with Crippen LogP contribution in [0.25, 0.3) is 17.0 Å². The number of aromatic nitrogens is 2. The highest BCUT2D eigenvalue weighted by Gasteiger charge is 2.01. The summed E-state index contributed by atoms with van der Waals surface area (Å²) in [6, 6.07) is 17.6. The number of fused-ring (bicyclic) bond motifs is 1. The SMILES string of the molecule is O=c1cnn(C/C=C/c2ccccc2)c2ccccc12. The number of hydrogen-bond donors (Lipinski definition) is 0. The second-order valence-electron chi connectivity index (χ2n) is 4.52. The Hall–Kier alpha value is -2.68. The lowest BCUT2D eigenvalue weighted by atomic mass is 10.2. The van der Waals surface area contributed by atoms with Crippen LogP contribution in [0.4, 0.5) is 0 Å². The number of rotatable bonds is 3. The number of hydrogen-bond acceptors (Lipinski definition) is 2. The number of benzene rings is 2. The molecule has 3 aromatic rings. The molecule has 0 unspecified atom stereocenters. The fourth-order valence-electron chi connectivity index (χ4n) is 2.16. The van der Waals surface area contributed by atoms with Crippen molar-refractivity contribution >= 4 is 17.0 Å². The number of allylic oxidation sites excluding steroid dienone is 1. The zero-order valence-corrected chi connectivity index (χ0v) is 10.9. The van der Waals surface area contributed by atoms with E-state index in [0.717, 1.165) is 11.1 Å². The average molecular weight is 262 g/mol. The highest BCUT2D eigenvalue weighted by Crippen LogP contribution is 2.08. The third kappa shape index (κ3) is 2.52. The zero-order chi connectivity index (χ0) is 13.8. The molecule has 98 valence electrons. The Balaban J connectivity index is 1.90. The van der Waals surface area contributed by atoms with Crippen LogP contribution in [-0.4, -0.2) is 9.78 Å². The van der Waals surface area contributed by atoms with Gasteiger partial charge in [-0.3, -0.25) is 9.48 Å². The van der Waals surface area contributed by atoms with Crippen LogP contribution < -0.4 is 5.43 Å². The minimum absolute atomic E-state index is 0.0381. The van der Waals surface area contributed by atoms with Crippen molar-refractivity contribution < 1.29 is 0 Å². The molecule has 0 radical (unpaired) electrons. The maximum atomic E-state index is 11.7. The van der Waals surface area contributed by atoms with Gasteiger partial charge < -0.3 is 0 Å². The first kappa shape index (κ1) is 12.4. The summed E-state index contributed by atoms with van der Waals surface area (Å²) in [5.41, 5.74) is 1.97. The van der Waals surface area contributed by atoms with Gasteiger partial charge in [0.2, 0.25) is 5.43 Å². The van der Waals surface area contributed by atoms with Crippen LogP contribution in [0.3, 0.4) is 0 Å². The molecule has 0 aliphatic rings. The first-order valence-electron chi connectivity index (χ1n) is 6.51. The first-order chi connectivity index (χ1) is 9.84. The summed E-state index contributed by atoms with van der Waals surface area (Å²) < 4.78 is 1.83. The summed E-state index contributed by atoms with van der Waals surface area (Å²) in [5.74, 6) is 0. The molecular formula is C17H14N2O. The number of para-hydroxylation sites is 1. The zero-order valence-electron chi connectivity index (χ0n) is 10.9. The molecule has 1 heterocycles. The molecule has 3 nitrogen and oxygen atoms in total. The molecule has 3 heteroatoms. The Labute approximate surface area is 116 Å². The van der Waals surface area contributed by atoms with Crippen molar-refractivity contribution in [3.63, 3.8) is 0 Å². The van der Waals surface area contributed by atoms with Gasteiger partial charge in [0.1, 0.15) is 0 Å². The fraction of sp³-hybridized carbons (Fsp3) is 0.0588. The minimum atomic E-state index is -0.0381. The van der Waals surface area contributed by atoms with Crippen molar-refractivity contribution in [2.24, 2.45) is 0 Å². The van der Waals surface area contributed by atoms with Gasteiger partial charge in [-0.2, -0.15) is 5.10 Å². The lowest BCUT2D eigenvalue weighted by molar-refractivity contribution is 0.711. The van der Waals surface area contributed by atoms with Gasteiger partial charge in [-0.05, 0) is 17.7 Å². The Morgan fingerprint density at radius 1 is 1.00 bits per heavy atom. The highest BCUT2D eigenvalue weighted by molar-refractivity contribution is 5.77. The van der Waals surface area contributed by atoms with Crippen molar-refractivity contribution in [1.82, 2.24) is 9.78 Å². The molecule has 3 rings (SSSR count). The summed E-state index contributed by atoms with van der Waals surface area (Å²) in [5, 5.41) is 4.89. The Kier molecular flexibility index (Phi) is 3.42. The Morgan fingerprint density at radius 2 is 1.75 bits per heavy atom. The number of nitrogens with zero attached hydrogens (tertiary/aromatic N) is 2. The van der Waals surface area contributed by atoms with Gasteiger partial charge in [-0.1, -0.05) is 54.6 Å². The summed E-state index contributed by atoms with van der Waals surface area (Å²) in [6.07, 6.45) is 5.46.